The van der Waals surface area contributed by atoms with Gasteiger partial charge in [0.05, 0.1) is 5.92 Å². The first-order valence-corrected chi connectivity index (χ1v) is 9.12. The molecule has 0 bridgehead atoms. The third-order valence-electron chi connectivity index (χ3n) is 5.50. The highest BCUT2D eigenvalue weighted by atomic mass is 16.4. The van der Waals surface area contributed by atoms with E-state index in [-0.39, 0.29) is 17.7 Å². The minimum atomic E-state index is -0.783. The average molecular weight is 354 g/mol. The first kappa shape index (κ1) is 16.8. The van der Waals surface area contributed by atoms with E-state index in [9.17, 15) is 9.59 Å². The van der Waals surface area contributed by atoms with E-state index in [1.54, 1.807) is 0 Å². The summed E-state index contributed by atoms with van der Waals surface area (Å²) in [6.45, 7) is 1.88. The van der Waals surface area contributed by atoms with Gasteiger partial charge in [0.15, 0.2) is 5.82 Å². The summed E-state index contributed by atoms with van der Waals surface area (Å²) in [6.07, 6.45) is 2.41. The number of carbonyl (C=O) groups is 2. The standard InChI is InChI=1S/C19H22N4O3/c24-18(14-6-7-15(12-14)19(25)26)22-9-8-16-20-21-17(23(16)11-10-22)13-4-2-1-3-5-13/h1-5,14-15H,6-12H2,(H,25,26)/t14-,15+/m0/s1. The summed E-state index contributed by atoms with van der Waals surface area (Å²) in [7, 11) is 0. The minimum absolute atomic E-state index is 0.0914. The summed E-state index contributed by atoms with van der Waals surface area (Å²) in [5, 5.41) is 17.8. The molecule has 1 fully saturated rings. The van der Waals surface area contributed by atoms with Gasteiger partial charge in [-0.3, -0.25) is 9.59 Å². The Kier molecular flexibility index (Phi) is 4.44. The SMILES string of the molecule is O=C(O)[C@@H]1CC[C@H](C(=O)N2CCc3nnc(-c4ccccc4)n3CC2)C1. The molecule has 2 atom stereocenters. The van der Waals surface area contributed by atoms with Gasteiger partial charge in [-0.15, -0.1) is 10.2 Å². The van der Waals surface area contributed by atoms with Crippen molar-refractivity contribution in [3.8, 4) is 11.4 Å². The number of hydrogen-bond donors (Lipinski definition) is 1. The van der Waals surface area contributed by atoms with E-state index in [0.717, 1.165) is 17.2 Å². The Labute approximate surface area is 151 Å². The van der Waals surface area contributed by atoms with Crippen molar-refractivity contribution >= 4 is 11.9 Å². The van der Waals surface area contributed by atoms with Crippen LogP contribution >= 0.6 is 0 Å². The number of aliphatic carboxylic acids is 1. The molecular weight excluding hydrogens is 332 g/mol. The molecule has 2 aliphatic rings. The second-order valence-electron chi connectivity index (χ2n) is 7.08. The van der Waals surface area contributed by atoms with Crippen molar-refractivity contribution in [2.24, 2.45) is 11.8 Å². The van der Waals surface area contributed by atoms with Crippen LogP contribution < -0.4 is 0 Å². The largest absolute Gasteiger partial charge is 0.481 e. The lowest BCUT2D eigenvalue weighted by Gasteiger charge is -2.23. The molecule has 1 N–H and O–H groups in total. The fourth-order valence-corrected chi connectivity index (χ4v) is 4.03. The Balaban J connectivity index is 1.47. The lowest BCUT2D eigenvalue weighted by atomic mass is 10.0. The van der Waals surface area contributed by atoms with Crippen molar-refractivity contribution in [2.75, 3.05) is 13.1 Å². The van der Waals surface area contributed by atoms with Crippen LogP contribution in [-0.2, 0) is 22.6 Å². The summed E-state index contributed by atoms with van der Waals surface area (Å²) in [6, 6.07) is 9.94. The molecule has 0 unspecified atom stereocenters. The molecule has 7 nitrogen and oxygen atoms in total. The van der Waals surface area contributed by atoms with Crippen LogP contribution in [0.5, 0.6) is 0 Å². The van der Waals surface area contributed by atoms with Crippen molar-refractivity contribution in [3.05, 3.63) is 36.2 Å². The zero-order valence-corrected chi connectivity index (χ0v) is 14.5. The van der Waals surface area contributed by atoms with E-state index in [1.807, 2.05) is 35.2 Å². The van der Waals surface area contributed by atoms with Crippen LogP contribution in [0, 0.1) is 11.8 Å². The Hall–Kier alpha value is -2.70. The Morgan fingerprint density at radius 2 is 1.77 bits per heavy atom. The maximum atomic E-state index is 12.8. The molecule has 136 valence electrons. The van der Waals surface area contributed by atoms with E-state index < -0.39 is 5.97 Å². The maximum Gasteiger partial charge on any atom is 0.306 e. The molecule has 26 heavy (non-hydrogen) atoms. The van der Waals surface area contributed by atoms with Gasteiger partial charge in [-0.05, 0) is 19.3 Å². The molecule has 2 aromatic rings. The first-order valence-electron chi connectivity index (χ1n) is 9.12. The topological polar surface area (TPSA) is 88.3 Å². The van der Waals surface area contributed by atoms with E-state index in [2.05, 4.69) is 14.8 Å². The van der Waals surface area contributed by atoms with E-state index in [0.29, 0.717) is 45.3 Å². The smallest absolute Gasteiger partial charge is 0.306 e. The van der Waals surface area contributed by atoms with Crippen LogP contribution in [0.15, 0.2) is 30.3 Å². The van der Waals surface area contributed by atoms with Gasteiger partial charge < -0.3 is 14.6 Å². The van der Waals surface area contributed by atoms with Crippen LogP contribution in [0.2, 0.25) is 0 Å². The summed E-state index contributed by atoms with van der Waals surface area (Å²) in [5.74, 6) is 0.507. The average Bonchev–Trinajstić information content (AvgIpc) is 3.25. The molecule has 0 saturated heterocycles. The Bertz CT molecular complexity index is 817. The Morgan fingerprint density at radius 3 is 2.50 bits per heavy atom. The lowest BCUT2D eigenvalue weighted by Crippen LogP contribution is -2.37. The normalized spacial score (nSPS) is 22.7. The van der Waals surface area contributed by atoms with E-state index in [4.69, 9.17) is 5.11 Å². The number of amides is 1. The molecule has 1 aromatic heterocycles. The highest BCUT2D eigenvalue weighted by molar-refractivity contribution is 5.81. The molecular formula is C19H22N4O3. The fraction of sp³-hybridized carbons (Fsp3) is 0.474. The van der Waals surface area contributed by atoms with E-state index in [1.165, 1.54) is 0 Å². The number of hydrogen-bond acceptors (Lipinski definition) is 4. The second-order valence-corrected chi connectivity index (χ2v) is 7.08. The molecule has 0 spiro atoms. The molecule has 1 amide bonds. The van der Waals surface area contributed by atoms with Crippen LogP contribution in [-0.4, -0.2) is 49.7 Å². The Morgan fingerprint density at radius 1 is 1.00 bits per heavy atom. The van der Waals surface area contributed by atoms with Crippen molar-refractivity contribution < 1.29 is 14.7 Å². The number of aromatic nitrogens is 3. The zero-order valence-electron chi connectivity index (χ0n) is 14.5. The monoisotopic (exact) mass is 354 g/mol. The zero-order chi connectivity index (χ0) is 18.1. The van der Waals surface area contributed by atoms with Gasteiger partial charge in [0.25, 0.3) is 0 Å². The van der Waals surface area contributed by atoms with Crippen LogP contribution in [0.3, 0.4) is 0 Å². The molecule has 4 rings (SSSR count). The number of carboxylic acid groups (broad SMARTS) is 1. The van der Waals surface area contributed by atoms with Gasteiger partial charge in [0.2, 0.25) is 5.91 Å². The molecule has 0 radical (unpaired) electrons. The van der Waals surface area contributed by atoms with Gasteiger partial charge in [0.1, 0.15) is 5.82 Å². The van der Waals surface area contributed by atoms with Gasteiger partial charge in [-0.2, -0.15) is 0 Å². The van der Waals surface area contributed by atoms with Gasteiger partial charge in [0, 0.05) is 37.5 Å². The number of carbonyl (C=O) groups excluding carboxylic acids is 1. The van der Waals surface area contributed by atoms with Crippen molar-refractivity contribution in [1.29, 1.82) is 0 Å². The summed E-state index contributed by atoms with van der Waals surface area (Å²) in [4.78, 5) is 25.9. The summed E-state index contributed by atoms with van der Waals surface area (Å²) >= 11 is 0. The highest BCUT2D eigenvalue weighted by Crippen LogP contribution is 2.32. The minimum Gasteiger partial charge on any atom is -0.481 e. The third-order valence-corrected chi connectivity index (χ3v) is 5.50. The van der Waals surface area contributed by atoms with Crippen LogP contribution in [0.4, 0.5) is 0 Å². The van der Waals surface area contributed by atoms with Crippen molar-refractivity contribution in [3.63, 3.8) is 0 Å². The third kappa shape index (κ3) is 3.09. The number of nitrogens with zero attached hydrogens (tertiary/aromatic N) is 4. The van der Waals surface area contributed by atoms with Gasteiger partial charge in [-0.1, -0.05) is 30.3 Å². The van der Waals surface area contributed by atoms with Gasteiger partial charge in [-0.25, -0.2) is 0 Å². The highest BCUT2D eigenvalue weighted by Gasteiger charge is 2.36. The van der Waals surface area contributed by atoms with Crippen molar-refractivity contribution in [2.45, 2.75) is 32.2 Å². The van der Waals surface area contributed by atoms with E-state index >= 15 is 0 Å². The second kappa shape index (κ2) is 6.90. The van der Waals surface area contributed by atoms with Crippen LogP contribution in [0.25, 0.3) is 11.4 Å². The predicted molar refractivity (Wildman–Crippen MR) is 94.2 cm³/mol. The number of rotatable bonds is 3. The predicted octanol–water partition coefficient (Wildman–Crippen LogP) is 1.83. The fourth-order valence-electron chi connectivity index (χ4n) is 4.03. The molecule has 1 aliphatic carbocycles. The maximum absolute atomic E-state index is 12.8. The molecule has 1 aliphatic heterocycles. The molecule has 1 saturated carbocycles. The number of benzene rings is 1. The number of carboxylic acids is 1. The molecule has 2 heterocycles. The van der Waals surface area contributed by atoms with Crippen LogP contribution in [0.1, 0.15) is 25.1 Å². The quantitative estimate of drug-likeness (QED) is 0.908. The molecule has 1 aromatic carbocycles. The first-order chi connectivity index (χ1) is 12.6. The summed E-state index contributed by atoms with van der Waals surface area (Å²) in [5.41, 5.74) is 1.02. The van der Waals surface area contributed by atoms with Crippen molar-refractivity contribution in [1.82, 2.24) is 19.7 Å². The molecule has 7 heteroatoms. The lowest BCUT2D eigenvalue weighted by molar-refractivity contribution is -0.141. The van der Waals surface area contributed by atoms with Gasteiger partial charge >= 0.3 is 5.97 Å². The number of fused-ring (bicyclic) bond motifs is 1. The summed E-state index contributed by atoms with van der Waals surface area (Å²) < 4.78 is 2.09.